The van der Waals surface area contributed by atoms with E-state index < -0.39 is 6.10 Å². The van der Waals surface area contributed by atoms with Gasteiger partial charge in [0.05, 0.1) is 7.11 Å². The summed E-state index contributed by atoms with van der Waals surface area (Å²) in [5.41, 5.74) is 3.48. The predicted molar refractivity (Wildman–Crippen MR) is 71.3 cm³/mol. The van der Waals surface area contributed by atoms with Gasteiger partial charge in [-0.05, 0) is 12.0 Å². The number of hydrogen-bond donors (Lipinski definition) is 2. The van der Waals surface area contributed by atoms with Crippen molar-refractivity contribution >= 4 is 5.69 Å². The smallest absolute Gasteiger partial charge is 0.238 e. The quantitative estimate of drug-likeness (QED) is 0.873. The average molecular weight is 257 g/mol. The molecular formula is C14H15N3O2. The second-order valence-electron chi connectivity index (χ2n) is 4.41. The summed E-state index contributed by atoms with van der Waals surface area (Å²) < 4.78 is 5.15. The van der Waals surface area contributed by atoms with Crippen LogP contribution in [0.4, 0.5) is 5.69 Å². The predicted octanol–water partition coefficient (Wildman–Crippen LogP) is 1.53. The zero-order chi connectivity index (χ0) is 13.2. The van der Waals surface area contributed by atoms with Gasteiger partial charge in [0.1, 0.15) is 11.8 Å². The summed E-state index contributed by atoms with van der Waals surface area (Å²) in [6.45, 7) is 0.899. The maximum absolute atomic E-state index is 10.5. The molecule has 5 nitrogen and oxygen atoms in total. The number of aromatic nitrogens is 2. The molecule has 0 saturated heterocycles. The zero-order valence-corrected chi connectivity index (χ0v) is 10.6. The van der Waals surface area contributed by atoms with Gasteiger partial charge in [0, 0.05) is 30.2 Å². The van der Waals surface area contributed by atoms with E-state index in [1.54, 1.807) is 12.4 Å². The van der Waals surface area contributed by atoms with Crippen molar-refractivity contribution in [3.63, 3.8) is 0 Å². The van der Waals surface area contributed by atoms with E-state index in [1.807, 2.05) is 12.1 Å². The molecule has 2 heterocycles. The van der Waals surface area contributed by atoms with Crippen LogP contribution in [0, 0.1) is 0 Å². The third-order valence-corrected chi connectivity index (χ3v) is 3.32. The summed E-state index contributed by atoms with van der Waals surface area (Å²) >= 11 is 0. The van der Waals surface area contributed by atoms with E-state index in [1.165, 1.54) is 12.7 Å². The Bertz CT molecular complexity index is 601. The minimum Gasteiger partial charge on any atom is -0.480 e. The van der Waals surface area contributed by atoms with Gasteiger partial charge in [-0.15, -0.1) is 0 Å². The molecule has 1 aromatic carbocycles. The van der Waals surface area contributed by atoms with Crippen LogP contribution in [0.3, 0.4) is 0 Å². The molecule has 3 rings (SSSR count). The van der Waals surface area contributed by atoms with Crippen LogP contribution in [-0.4, -0.2) is 28.7 Å². The zero-order valence-electron chi connectivity index (χ0n) is 10.6. The molecule has 0 fully saturated rings. The fraction of sp³-hybridized carbons (Fsp3) is 0.286. The summed E-state index contributed by atoms with van der Waals surface area (Å²) in [5.74, 6) is 0.352. The van der Waals surface area contributed by atoms with Crippen LogP contribution in [0.25, 0.3) is 0 Å². The van der Waals surface area contributed by atoms with Gasteiger partial charge in [0.15, 0.2) is 0 Å². The SMILES string of the molecule is COc1nccnc1C(O)c1cccc2c1NCC2. The molecule has 1 aliphatic heterocycles. The number of nitrogens with one attached hydrogen (secondary N) is 1. The molecule has 98 valence electrons. The minimum absolute atomic E-state index is 0.352. The van der Waals surface area contributed by atoms with Crippen molar-refractivity contribution < 1.29 is 9.84 Å². The Morgan fingerprint density at radius 3 is 3.00 bits per heavy atom. The second kappa shape index (κ2) is 4.85. The molecule has 19 heavy (non-hydrogen) atoms. The number of ether oxygens (including phenoxy) is 1. The van der Waals surface area contributed by atoms with E-state index >= 15 is 0 Å². The third kappa shape index (κ3) is 2.02. The highest BCUT2D eigenvalue weighted by Gasteiger charge is 2.23. The Morgan fingerprint density at radius 1 is 1.32 bits per heavy atom. The summed E-state index contributed by atoms with van der Waals surface area (Å²) in [6.07, 6.45) is 3.23. The Hall–Kier alpha value is -2.14. The maximum Gasteiger partial charge on any atom is 0.238 e. The van der Waals surface area contributed by atoms with Crippen molar-refractivity contribution in [1.82, 2.24) is 9.97 Å². The molecule has 2 N–H and O–H groups in total. The van der Waals surface area contributed by atoms with E-state index in [2.05, 4.69) is 21.4 Å². The maximum atomic E-state index is 10.5. The van der Waals surface area contributed by atoms with E-state index in [4.69, 9.17) is 4.74 Å². The largest absolute Gasteiger partial charge is 0.480 e. The Kier molecular flexibility index (Phi) is 3.05. The number of methoxy groups -OCH3 is 1. The number of aliphatic hydroxyl groups excluding tert-OH is 1. The van der Waals surface area contributed by atoms with Crippen LogP contribution in [0.2, 0.25) is 0 Å². The normalized spacial score (nSPS) is 14.6. The van der Waals surface area contributed by atoms with Crippen LogP contribution >= 0.6 is 0 Å². The van der Waals surface area contributed by atoms with Crippen molar-refractivity contribution in [2.24, 2.45) is 0 Å². The van der Waals surface area contributed by atoms with Crippen molar-refractivity contribution in [2.75, 3.05) is 19.0 Å². The topological polar surface area (TPSA) is 67.3 Å². The number of benzene rings is 1. The lowest BCUT2D eigenvalue weighted by Gasteiger charge is -2.16. The fourth-order valence-electron chi connectivity index (χ4n) is 2.42. The van der Waals surface area contributed by atoms with Crippen LogP contribution < -0.4 is 10.1 Å². The van der Waals surface area contributed by atoms with Gasteiger partial charge in [0.25, 0.3) is 0 Å². The van der Waals surface area contributed by atoms with Gasteiger partial charge in [-0.25, -0.2) is 4.98 Å². The Labute approximate surface area is 111 Å². The van der Waals surface area contributed by atoms with Gasteiger partial charge < -0.3 is 15.2 Å². The summed E-state index contributed by atoms with van der Waals surface area (Å²) in [5, 5.41) is 13.9. The number of anilines is 1. The molecule has 1 aromatic heterocycles. The van der Waals surface area contributed by atoms with Crippen LogP contribution in [0.15, 0.2) is 30.6 Å². The number of aliphatic hydroxyl groups is 1. The molecule has 1 atom stereocenters. The highest BCUT2D eigenvalue weighted by atomic mass is 16.5. The molecule has 0 saturated carbocycles. The monoisotopic (exact) mass is 257 g/mol. The number of para-hydroxylation sites is 1. The lowest BCUT2D eigenvalue weighted by molar-refractivity contribution is 0.208. The number of nitrogens with zero attached hydrogens (tertiary/aromatic N) is 2. The van der Waals surface area contributed by atoms with Gasteiger partial charge >= 0.3 is 0 Å². The molecule has 2 aromatic rings. The number of fused-ring (bicyclic) bond motifs is 1. The van der Waals surface area contributed by atoms with Gasteiger partial charge in [0.2, 0.25) is 5.88 Å². The third-order valence-electron chi connectivity index (χ3n) is 3.32. The minimum atomic E-state index is -0.843. The Balaban J connectivity index is 2.05. The average Bonchev–Trinajstić information content (AvgIpc) is 2.94. The molecule has 1 unspecified atom stereocenters. The van der Waals surface area contributed by atoms with Gasteiger partial charge in [-0.2, -0.15) is 0 Å². The highest BCUT2D eigenvalue weighted by molar-refractivity contribution is 5.63. The molecule has 0 spiro atoms. The molecule has 0 radical (unpaired) electrons. The first kappa shape index (κ1) is 11.9. The van der Waals surface area contributed by atoms with Crippen LogP contribution in [-0.2, 0) is 6.42 Å². The van der Waals surface area contributed by atoms with Crippen molar-refractivity contribution in [3.8, 4) is 5.88 Å². The van der Waals surface area contributed by atoms with E-state index in [0.29, 0.717) is 11.6 Å². The molecule has 1 aliphatic rings. The van der Waals surface area contributed by atoms with E-state index in [9.17, 15) is 5.11 Å². The first-order valence-electron chi connectivity index (χ1n) is 6.20. The van der Waals surface area contributed by atoms with E-state index in [-0.39, 0.29) is 0 Å². The molecule has 0 amide bonds. The highest BCUT2D eigenvalue weighted by Crippen LogP contribution is 2.35. The number of hydrogen-bond acceptors (Lipinski definition) is 5. The van der Waals surface area contributed by atoms with E-state index in [0.717, 1.165) is 24.2 Å². The van der Waals surface area contributed by atoms with Crippen molar-refractivity contribution in [3.05, 3.63) is 47.4 Å². The number of rotatable bonds is 3. The Morgan fingerprint density at radius 2 is 2.16 bits per heavy atom. The first-order chi connectivity index (χ1) is 9.31. The standard InChI is InChI=1S/C14H15N3O2/c1-19-14-12(16-7-8-17-14)13(18)10-4-2-3-9-5-6-15-11(9)10/h2-4,7-8,13,15,18H,5-6H2,1H3. The fourth-order valence-corrected chi connectivity index (χ4v) is 2.42. The molecular weight excluding hydrogens is 242 g/mol. The first-order valence-corrected chi connectivity index (χ1v) is 6.20. The molecule has 5 heteroatoms. The van der Waals surface area contributed by atoms with Crippen molar-refractivity contribution in [1.29, 1.82) is 0 Å². The summed E-state index contributed by atoms with van der Waals surface area (Å²) in [6, 6.07) is 5.92. The lowest BCUT2D eigenvalue weighted by Crippen LogP contribution is -2.08. The van der Waals surface area contributed by atoms with Crippen LogP contribution in [0.5, 0.6) is 5.88 Å². The summed E-state index contributed by atoms with van der Waals surface area (Å²) in [7, 11) is 1.52. The summed E-state index contributed by atoms with van der Waals surface area (Å²) in [4.78, 5) is 8.26. The molecule has 0 bridgehead atoms. The second-order valence-corrected chi connectivity index (χ2v) is 4.41. The van der Waals surface area contributed by atoms with Gasteiger partial charge in [-0.3, -0.25) is 4.98 Å². The lowest BCUT2D eigenvalue weighted by atomic mass is 10.0. The molecule has 0 aliphatic carbocycles. The van der Waals surface area contributed by atoms with Gasteiger partial charge in [-0.1, -0.05) is 18.2 Å². The van der Waals surface area contributed by atoms with Crippen molar-refractivity contribution in [2.45, 2.75) is 12.5 Å². The van der Waals surface area contributed by atoms with Crippen LogP contribution in [0.1, 0.15) is 22.9 Å².